The predicted molar refractivity (Wildman–Crippen MR) is 153 cm³/mol. The van der Waals surface area contributed by atoms with Crippen LogP contribution in [0, 0.1) is 18.3 Å². The van der Waals surface area contributed by atoms with Crippen molar-refractivity contribution in [3.8, 4) is 28.6 Å². The van der Waals surface area contributed by atoms with Crippen molar-refractivity contribution in [2.45, 2.75) is 65.9 Å². The molecule has 0 fully saturated rings. The van der Waals surface area contributed by atoms with Crippen LogP contribution in [-0.2, 0) is 12.8 Å². The second-order valence-corrected chi connectivity index (χ2v) is 9.56. The quantitative estimate of drug-likeness (QED) is 0.229. The highest BCUT2D eigenvalue weighted by molar-refractivity contribution is 5.70. The van der Waals surface area contributed by atoms with Crippen molar-refractivity contribution in [3.05, 3.63) is 111 Å². The third kappa shape index (κ3) is 5.86. The smallest absolute Gasteiger partial charge is 0.261 e. The molecule has 194 valence electrons. The zero-order chi connectivity index (χ0) is 27.1. The van der Waals surface area contributed by atoms with Gasteiger partial charge < -0.3 is 4.74 Å². The van der Waals surface area contributed by atoms with E-state index in [9.17, 15) is 10.1 Å². The minimum absolute atomic E-state index is 0.0338. The van der Waals surface area contributed by atoms with Gasteiger partial charge in [-0.3, -0.25) is 9.36 Å². The molecule has 0 aliphatic rings. The fourth-order valence-electron chi connectivity index (χ4n) is 4.80. The number of aromatic nitrogens is 2. The minimum Gasteiger partial charge on any atom is -0.490 e. The molecule has 38 heavy (non-hydrogen) atoms. The molecule has 0 bridgehead atoms. The summed E-state index contributed by atoms with van der Waals surface area (Å²) in [5.41, 5.74) is 5.90. The third-order valence-corrected chi connectivity index (χ3v) is 6.92. The lowest BCUT2D eigenvalue weighted by Gasteiger charge is -2.18. The Kier molecular flexibility index (Phi) is 8.76. The summed E-state index contributed by atoms with van der Waals surface area (Å²) in [5.74, 6) is 1.49. The van der Waals surface area contributed by atoms with Crippen LogP contribution >= 0.6 is 0 Å². The van der Waals surface area contributed by atoms with Gasteiger partial charge in [0.2, 0.25) is 0 Å². The van der Waals surface area contributed by atoms with Gasteiger partial charge in [-0.2, -0.15) is 5.26 Å². The van der Waals surface area contributed by atoms with Crippen LogP contribution in [-0.4, -0.2) is 15.7 Å². The first-order chi connectivity index (χ1) is 18.5. The first kappa shape index (κ1) is 26.9. The van der Waals surface area contributed by atoms with Gasteiger partial charge in [-0.15, -0.1) is 0 Å². The molecule has 5 heteroatoms. The number of ether oxygens (including phenoxy) is 1. The highest BCUT2D eigenvalue weighted by Crippen LogP contribution is 2.25. The van der Waals surface area contributed by atoms with Gasteiger partial charge in [-0.1, -0.05) is 69.7 Å². The Hall–Kier alpha value is -4.17. The maximum absolute atomic E-state index is 13.9. The summed E-state index contributed by atoms with van der Waals surface area (Å²) >= 11 is 0. The Labute approximate surface area is 225 Å². The molecule has 0 spiro atoms. The van der Waals surface area contributed by atoms with E-state index in [4.69, 9.17) is 9.72 Å². The van der Waals surface area contributed by atoms with Crippen molar-refractivity contribution in [1.29, 1.82) is 5.26 Å². The van der Waals surface area contributed by atoms with Crippen molar-refractivity contribution in [2.75, 3.05) is 0 Å². The molecular weight excluding hydrogens is 470 g/mol. The van der Waals surface area contributed by atoms with E-state index in [1.165, 1.54) is 0 Å². The summed E-state index contributed by atoms with van der Waals surface area (Å²) in [6.45, 7) is 8.23. The number of aryl methyl sites for hydroxylation is 2. The van der Waals surface area contributed by atoms with Crippen molar-refractivity contribution in [1.82, 2.24) is 9.55 Å². The lowest BCUT2D eigenvalue weighted by molar-refractivity contribution is 0.193. The van der Waals surface area contributed by atoms with Gasteiger partial charge in [0.15, 0.2) is 0 Å². The van der Waals surface area contributed by atoms with E-state index in [1.807, 2.05) is 79.7 Å². The first-order valence-electron chi connectivity index (χ1n) is 13.5. The van der Waals surface area contributed by atoms with Crippen LogP contribution in [0.4, 0.5) is 0 Å². The molecule has 0 amide bonds. The number of nitriles is 1. The number of hydrogen-bond acceptors (Lipinski definition) is 4. The van der Waals surface area contributed by atoms with Crippen LogP contribution in [0.5, 0.6) is 5.75 Å². The summed E-state index contributed by atoms with van der Waals surface area (Å²) in [6, 6.07) is 25.7. The predicted octanol–water partition coefficient (Wildman–Crippen LogP) is 7.19. The molecule has 1 aromatic heterocycles. The van der Waals surface area contributed by atoms with Crippen LogP contribution in [0.25, 0.3) is 16.8 Å². The molecule has 0 saturated heterocycles. The largest absolute Gasteiger partial charge is 0.490 e. The minimum atomic E-state index is -0.0338. The fraction of sp³-hybridized carbons (Fsp3) is 0.303. The number of benzene rings is 3. The molecule has 0 saturated carbocycles. The van der Waals surface area contributed by atoms with Crippen LogP contribution in [0.3, 0.4) is 0 Å². The summed E-state index contributed by atoms with van der Waals surface area (Å²) in [5, 5.41) is 9.46. The molecule has 5 nitrogen and oxygen atoms in total. The second kappa shape index (κ2) is 12.4. The van der Waals surface area contributed by atoms with Crippen molar-refractivity contribution >= 4 is 0 Å². The average Bonchev–Trinajstić information content (AvgIpc) is 2.95. The van der Waals surface area contributed by atoms with E-state index in [2.05, 4.69) is 26.8 Å². The van der Waals surface area contributed by atoms with Gasteiger partial charge >= 0.3 is 0 Å². The SMILES string of the molecule is CCCc1nc(C)n(-c2ccc(OC(CC)CC)cc2)c(=O)c1Cc1ccc(-c2ccccc2C#N)cc1. The molecule has 3 aromatic carbocycles. The van der Waals surface area contributed by atoms with Gasteiger partial charge in [0.25, 0.3) is 5.56 Å². The molecule has 0 N–H and O–H groups in total. The molecule has 0 radical (unpaired) electrons. The summed E-state index contributed by atoms with van der Waals surface area (Å²) < 4.78 is 7.75. The highest BCUT2D eigenvalue weighted by atomic mass is 16.5. The van der Waals surface area contributed by atoms with Crippen molar-refractivity contribution < 1.29 is 4.74 Å². The normalized spacial score (nSPS) is 10.9. The molecule has 0 aliphatic heterocycles. The van der Waals surface area contributed by atoms with Gasteiger partial charge in [-0.05, 0) is 73.2 Å². The van der Waals surface area contributed by atoms with E-state index in [0.717, 1.165) is 65.1 Å². The Morgan fingerprint density at radius 2 is 1.63 bits per heavy atom. The Bertz CT molecular complexity index is 1480. The van der Waals surface area contributed by atoms with Gasteiger partial charge in [-0.25, -0.2) is 4.98 Å². The Morgan fingerprint density at radius 1 is 0.947 bits per heavy atom. The zero-order valence-electron chi connectivity index (χ0n) is 22.7. The van der Waals surface area contributed by atoms with Gasteiger partial charge in [0, 0.05) is 12.0 Å². The van der Waals surface area contributed by atoms with Crippen LogP contribution in [0.1, 0.15) is 68.2 Å². The number of rotatable bonds is 10. The topological polar surface area (TPSA) is 67.9 Å². The first-order valence-corrected chi connectivity index (χ1v) is 13.5. The fourth-order valence-corrected chi connectivity index (χ4v) is 4.80. The zero-order valence-corrected chi connectivity index (χ0v) is 22.7. The van der Waals surface area contributed by atoms with E-state index < -0.39 is 0 Å². The summed E-state index contributed by atoms with van der Waals surface area (Å²) in [4.78, 5) is 18.8. The van der Waals surface area contributed by atoms with E-state index in [0.29, 0.717) is 17.8 Å². The Balaban J connectivity index is 1.67. The summed E-state index contributed by atoms with van der Waals surface area (Å²) in [6.07, 6.45) is 4.25. The molecule has 0 atom stereocenters. The van der Waals surface area contributed by atoms with Crippen LogP contribution < -0.4 is 10.3 Å². The molecule has 4 rings (SSSR count). The second-order valence-electron chi connectivity index (χ2n) is 9.56. The molecule has 0 unspecified atom stereocenters. The monoisotopic (exact) mass is 505 g/mol. The molecule has 4 aromatic rings. The van der Waals surface area contributed by atoms with Gasteiger partial charge in [0.05, 0.1) is 29.1 Å². The van der Waals surface area contributed by atoms with Gasteiger partial charge in [0.1, 0.15) is 11.6 Å². The lowest BCUT2D eigenvalue weighted by Crippen LogP contribution is -2.28. The maximum atomic E-state index is 13.9. The maximum Gasteiger partial charge on any atom is 0.261 e. The van der Waals surface area contributed by atoms with E-state index >= 15 is 0 Å². The van der Waals surface area contributed by atoms with E-state index in [1.54, 1.807) is 4.57 Å². The number of nitrogens with zero attached hydrogens (tertiary/aromatic N) is 3. The third-order valence-electron chi connectivity index (χ3n) is 6.92. The Morgan fingerprint density at radius 3 is 2.26 bits per heavy atom. The van der Waals surface area contributed by atoms with Crippen LogP contribution in [0.2, 0.25) is 0 Å². The van der Waals surface area contributed by atoms with E-state index in [-0.39, 0.29) is 11.7 Å². The molecule has 0 aliphatic carbocycles. The summed E-state index contributed by atoms with van der Waals surface area (Å²) in [7, 11) is 0. The van der Waals surface area contributed by atoms with Crippen molar-refractivity contribution in [2.24, 2.45) is 0 Å². The standard InChI is InChI=1S/C33H35N3O2/c1-5-10-32-31(21-24-13-15-25(16-14-24)30-12-9-8-11-26(30)22-34)33(37)36(23(4)35-32)27-17-19-29(20-18-27)38-28(6-2)7-3/h8-9,11-20,28H,5-7,10,21H2,1-4H3. The van der Waals surface area contributed by atoms with Crippen LogP contribution in [0.15, 0.2) is 77.6 Å². The lowest BCUT2D eigenvalue weighted by atomic mass is 9.97. The molecular formula is C33H35N3O2. The molecule has 1 heterocycles. The highest BCUT2D eigenvalue weighted by Gasteiger charge is 2.17. The number of hydrogen-bond donors (Lipinski definition) is 0. The average molecular weight is 506 g/mol. The van der Waals surface area contributed by atoms with Crippen molar-refractivity contribution in [3.63, 3.8) is 0 Å².